The van der Waals surface area contributed by atoms with Gasteiger partial charge in [-0.25, -0.2) is 9.37 Å². The third-order valence-corrected chi connectivity index (χ3v) is 5.72. The minimum Gasteiger partial charge on any atom is -0.426 e. The molecule has 0 atom stereocenters. The van der Waals surface area contributed by atoms with Gasteiger partial charge in [0.1, 0.15) is 16.6 Å². The lowest BCUT2D eigenvalue weighted by atomic mass is 10.0. The van der Waals surface area contributed by atoms with Gasteiger partial charge in [0.25, 0.3) is 0 Å². The summed E-state index contributed by atoms with van der Waals surface area (Å²) in [6.07, 6.45) is 0.0664. The maximum Gasteiger partial charge on any atom is 0.317 e. The molecule has 0 radical (unpaired) electrons. The molecule has 2 aromatic carbocycles. The van der Waals surface area contributed by atoms with Gasteiger partial charge in [-0.15, -0.1) is 11.3 Å². The second kappa shape index (κ2) is 8.46. The molecule has 0 N–H and O–H groups in total. The van der Waals surface area contributed by atoms with E-state index < -0.39 is 11.8 Å². The molecular weight excluding hydrogens is 409 g/mol. The van der Waals surface area contributed by atoms with Crippen molar-refractivity contribution in [3.8, 4) is 16.3 Å². The first kappa shape index (κ1) is 19.2. The first-order valence-corrected chi connectivity index (χ1v) is 10.5. The second-order valence-corrected chi connectivity index (χ2v) is 7.81. The van der Waals surface area contributed by atoms with E-state index in [0.29, 0.717) is 22.6 Å². The van der Waals surface area contributed by atoms with Gasteiger partial charge in [-0.1, -0.05) is 0 Å². The molecule has 0 spiro atoms. The van der Waals surface area contributed by atoms with Gasteiger partial charge < -0.3 is 4.74 Å². The fourth-order valence-electron chi connectivity index (χ4n) is 2.66. The predicted molar refractivity (Wildman–Crippen MR) is 111 cm³/mol. The Morgan fingerprint density at radius 2 is 1.62 bits per heavy atom. The van der Waals surface area contributed by atoms with Gasteiger partial charge in [0, 0.05) is 27.5 Å². The van der Waals surface area contributed by atoms with Crippen LogP contribution in [0.25, 0.3) is 10.6 Å². The van der Waals surface area contributed by atoms with Crippen LogP contribution in [0.4, 0.5) is 4.39 Å². The highest BCUT2D eigenvalue weighted by molar-refractivity contribution is 7.14. The monoisotopic (exact) mass is 423 g/mol. The molecule has 4 aromatic rings. The molecule has 144 valence electrons. The summed E-state index contributed by atoms with van der Waals surface area (Å²) in [6, 6.07) is 13.6. The third kappa shape index (κ3) is 4.64. The lowest BCUT2D eigenvalue weighted by molar-refractivity contribution is -0.133. The first-order valence-electron chi connectivity index (χ1n) is 8.66. The number of carbonyl (C=O) groups is 2. The molecule has 0 unspecified atom stereocenters. The summed E-state index contributed by atoms with van der Waals surface area (Å²) in [5.41, 5.74) is 2.52. The van der Waals surface area contributed by atoms with Gasteiger partial charge in [0.2, 0.25) is 0 Å². The molecule has 4 rings (SSSR count). The summed E-state index contributed by atoms with van der Waals surface area (Å²) < 4.78 is 18.3. The molecule has 2 aromatic heterocycles. The normalized spacial score (nSPS) is 10.7. The molecule has 0 fully saturated rings. The SMILES string of the molecule is O=C(Cc1csc(-c2ccsc2)n1)Oc1ccc(C(=O)c2ccc(F)cc2)cc1. The van der Waals surface area contributed by atoms with Crippen LogP contribution in [0.3, 0.4) is 0 Å². The molecule has 4 nitrogen and oxygen atoms in total. The van der Waals surface area contributed by atoms with E-state index >= 15 is 0 Å². The number of rotatable bonds is 6. The summed E-state index contributed by atoms with van der Waals surface area (Å²) in [6.45, 7) is 0. The van der Waals surface area contributed by atoms with E-state index in [1.165, 1.54) is 35.6 Å². The van der Waals surface area contributed by atoms with Gasteiger partial charge in [0.05, 0.1) is 12.1 Å². The molecule has 0 bridgehead atoms. The highest BCUT2D eigenvalue weighted by atomic mass is 32.1. The fourth-order valence-corrected chi connectivity index (χ4v) is 4.20. The average Bonchev–Trinajstić information content (AvgIpc) is 3.40. The van der Waals surface area contributed by atoms with Crippen molar-refractivity contribution >= 4 is 34.4 Å². The Balaban J connectivity index is 1.37. The van der Waals surface area contributed by atoms with E-state index in [0.717, 1.165) is 10.6 Å². The summed E-state index contributed by atoms with van der Waals surface area (Å²) in [7, 11) is 0. The van der Waals surface area contributed by atoms with Gasteiger partial charge in [-0.3, -0.25) is 9.59 Å². The van der Waals surface area contributed by atoms with Gasteiger partial charge >= 0.3 is 5.97 Å². The summed E-state index contributed by atoms with van der Waals surface area (Å²) >= 11 is 3.08. The van der Waals surface area contributed by atoms with Crippen molar-refractivity contribution in [1.29, 1.82) is 0 Å². The van der Waals surface area contributed by atoms with Gasteiger partial charge in [-0.2, -0.15) is 11.3 Å². The lowest BCUT2D eigenvalue weighted by Crippen LogP contribution is -2.11. The molecule has 2 heterocycles. The summed E-state index contributed by atoms with van der Waals surface area (Å²) in [4.78, 5) is 29.1. The van der Waals surface area contributed by atoms with Crippen molar-refractivity contribution in [3.05, 3.63) is 93.4 Å². The van der Waals surface area contributed by atoms with Crippen molar-refractivity contribution < 1.29 is 18.7 Å². The highest BCUT2D eigenvalue weighted by Gasteiger charge is 2.13. The number of nitrogens with zero attached hydrogens (tertiary/aromatic N) is 1. The minimum atomic E-state index is -0.426. The van der Waals surface area contributed by atoms with Crippen LogP contribution in [-0.2, 0) is 11.2 Å². The third-order valence-electron chi connectivity index (χ3n) is 4.10. The number of thiazole rings is 1. The molecule has 7 heteroatoms. The fraction of sp³-hybridized carbons (Fsp3) is 0.0455. The van der Waals surface area contributed by atoms with Gasteiger partial charge in [-0.05, 0) is 60.0 Å². The van der Waals surface area contributed by atoms with Crippen molar-refractivity contribution in [2.24, 2.45) is 0 Å². The standard InChI is InChI=1S/C22H14FNO3S2/c23-17-5-1-14(2-6-17)21(26)15-3-7-19(8-4-15)27-20(25)11-18-13-29-22(24-18)16-9-10-28-12-16/h1-10,12-13H,11H2. The Bertz CT molecular complexity index is 1130. The second-order valence-electron chi connectivity index (χ2n) is 6.17. The Labute approximate surface area is 174 Å². The number of hydrogen-bond donors (Lipinski definition) is 0. The van der Waals surface area contributed by atoms with E-state index in [1.807, 2.05) is 22.2 Å². The zero-order chi connectivity index (χ0) is 20.2. The Kier molecular flexibility index (Phi) is 5.59. The largest absolute Gasteiger partial charge is 0.426 e. The van der Waals surface area contributed by atoms with Crippen LogP contribution in [-0.4, -0.2) is 16.7 Å². The van der Waals surface area contributed by atoms with Crippen molar-refractivity contribution in [2.45, 2.75) is 6.42 Å². The minimum absolute atomic E-state index is 0.0664. The van der Waals surface area contributed by atoms with Crippen LogP contribution in [0.15, 0.2) is 70.7 Å². The number of ketones is 1. The van der Waals surface area contributed by atoms with E-state index in [9.17, 15) is 14.0 Å². The van der Waals surface area contributed by atoms with Crippen LogP contribution < -0.4 is 4.74 Å². The van der Waals surface area contributed by atoms with Crippen LogP contribution in [0.1, 0.15) is 21.6 Å². The van der Waals surface area contributed by atoms with Crippen molar-refractivity contribution in [3.63, 3.8) is 0 Å². The van der Waals surface area contributed by atoms with Crippen molar-refractivity contribution in [1.82, 2.24) is 4.98 Å². The predicted octanol–water partition coefficient (Wildman–Crippen LogP) is 5.39. The number of carbonyl (C=O) groups excluding carboxylic acids is 2. The summed E-state index contributed by atoms with van der Waals surface area (Å²) in [5.74, 6) is -0.707. The van der Waals surface area contributed by atoms with Crippen LogP contribution in [0.5, 0.6) is 5.75 Å². The zero-order valence-corrected chi connectivity index (χ0v) is 16.6. The first-order chi connectivity index (χ1) is 14.1. The van der Waals surface area contributed by atoms with E-state index in [2.05, 4.69) is 4.98 Å². The van der Waals surface area contributed by atoms with Gasteiger partial charge in [0.15, 0.2) is 5.78 Å². The maximum absolute atomic E-state index is 13.0. The maximum atomic E-state index is 13.0. The van der Waals surface area contributed by atoms with E-state index in [1.54, 1.807) is 35.6 Å². The number of benzene rings is 2. The number of hydrogen-bond acceptors (Lipinski definition) is 6. The van der Waals surface area contributed by atoms with Crippen LogP contribution in [0, 0.1) is 5.82 Å². The zero-order valence-electron chi connectivity index (χ0n) is 15.0. The quantitative estimate of drug-likeness (QED) is 0.237. The highest BCUT2D eigenvalue weighted by Crippen LogP contribution is 2.26. The number of thiophene rings is 1. The molecule has 0 saturated heterocycles. The molecule has 29 heavy (non-hydrogen) atoms. The lowest BCUT2D eigenvalue weighted by Gasteiger charge is -2.05. The molecule has 0 aliphatic carbocycles. The van der Waals surface area contributed by atoms with Crippen LogP contribution >= 0.6 is 22.7 Å². The molecule has 0 aliphatic heterocycles. The average molecular weight is 423 g/mol. The molecule has 0 amide bonds. The molecular formula is C22H14FNO3S2. The Morgan fingerprint density at radius 1 is 0.931 bits per heavy atom. The molecule has 0 saturated carbocycles. The Hall–Kier alpha value is -3.16. The molecule has 0 aliphatic rings. The number of aromatic nitrogens is 1. The van der Waals surface area contributed by atoms with E-state index in [4.69, 9.17) is 4.74 Å². The number of ether oxygens (including phenoxy) is 1. The number of halogens is 1. The summed E-state index contributed by atoms with van der Waals surface area (Å²) in [5, 5.41) is 6.71. The van der Waals surface area contributed by atoms with Crippen LogP contribution in [0.2, 0.25) is 0 Å². The van der Waals surface area contributed by atoms with Crippen molar-refractivity contribution in [2.75, 3.05) is 0 Å². The topological polar surface area (TPSA) is 56.3 Å². The smallest absolute Gasteiger partial charge is 0.317 e. The number of esters is 1. The Morgan fingerprint density at radius 3 is 2.28 bits per heavy atom. The van der Waals surface area contributed by atoms with E-state index in [-0.39, 0.29) is 12.2 Å².